The van der Waals surface area contributed by atoms with Gasteiger partial charge >= 0.3 is 0 Å². The van der Waals surface area contributed by atoms with Crippen molar-refractivity contribution < 1.29 is 0 Å². The fraction of sp³-hybridized carbons (Fsp3) is 0.0612. The summed E-state index contributed by atoms with van der Waals surface area (Å²) < 4.78 is 0. The quantitative estimate of drug-likeness (QED) is 0.175. The minimum absolute atomic E-state index is 0.164. The lowest BCUT2D eigenvalue weighted by Crippen LogP contribution is -2.16. The lowest BCUT2D eigenvalue weighted by molar-refractivity contribution is 0.660. The number of rotatable bonds is 6. The van der Waals surface area contributed by atoms with Crippen LogP contribution >= 0.6 is 0 Å². The molecule has 0 aliphatic heterocycles. The molecule has 0 saturated heterocycles. The van der Waals surface area contributed by atoms with Gasteiger partial charge in [0.2, 0.25) is 0 Å². The molecule has 0 aromatic heterocycles. The van der Waals surface area contributed by atoms with Gasteiger partial charge in [0, 0.05) is 22.2 Å². The molecule has 9 rings (SSSR count). The number of nitrogens with zero attached hydrogens (tertiary/aromatic N) is 1. The smallest absolute Gasteiger partial charge is 0.0540 e. The normalized spacial score (nSPS) is 12.8. The van der Waals surface area contributed by atoms with Crippen molar-refractivity contribution in [3.8, 4) is 44.5 Å². The van der Waals surface area contributed by atoms with Crippen molar-refractivity contribution in [3.63, 3.8) is 0 Å². The molecule has 0 atom stereocenters. The van der Waals surface area contributed by atoms with E-state index in [1.807, 2.05) is 0 Å². The van der Waals surface area contributed by atoms with Crippen molar-refractivity contribution in [3.05, 3.63) is 199 Å². The third-order valence-corrected chi connectivity index (χ3v) is 10.5. The van der Waals surface area contributed by atoms with Gasteiger partial charge in [-0.3, -0.25) is 0 Å². The summed E-state index contributed by atoms with van der Waals surface area (Å²) in [7, 11) is 0. The molecule has 8 aromatic rings. The lowest BCUT2D eigenvalue weighted by Gasteiger charge is -2.29. The fourth-order valence-corrected chi connectivity index (χ4v) is 7.79. The first-order valence-electron chi connectivity index (χ1n) is 17.4. The molecule has 1 heteroatoms. The van der Waals surface area contributed by atoms with E-state index >= 15 is 0 Å². The van der Waals surface area contributed by atoms with Crippen LogP contribution in [0.25, 0.3) is 55.3 Å². The highest BCUT2D eigenvalue weighted by molar-refractivity contribution is 5.99. The highest BCUT2D eigenvalue weighted by Gasteiger charge is 2.36. The van der Waals surface area contributed by atoms with Crippen LogP contribution in [0.5, 0.6) is 0 Å². The molecule has 0 saturated carbocycles. The summed E-state index contributed by atoms with van der Waals surface area (Å²) in [5.74, 6) is 0. The van der Waals surface area contributed by atoms with Crippen LogP contribution in [-0.2, 0) is 5.41 Å². The van der Waals surface area contributed by atoms with Crippen LogP contribution in [0.15, 0.2) is 188 Å². The van der Waals surface area contributed by atoms with Crippen LogP contribution in [0.4, 0.5) is 17.1 Å². The molecule has 0 fully saturated rings. The molecule has 0 N–H and O–H groups in total. The van der Waals surface area contributed by atoms with Gasteiger partial charge in [-0.1, -0.05) is 166 Å². The molecule has 0 bridgehead atoms. The van der Waals surface area contributed by atoms with Gasteiger partial charge < -0.3 is 4.90 Å². The Morgan fingerprint density at radius 2 is 0.820 bits per heavy atom. The van der Waals surface area contributed by atoms with E-state index in [-0.39, 0.29) is 5.41 Å². The number of anilines is 3. The Hall–Kier alpha value is -6.18. The molecule has 0 amide bonds. The molecule has 8 aromatic carbocycles. The van der Waals surface area contributed by atoms with Crippen molar-refractivity contribution in [1.29, 1.82) is 0 Å². The van der Waals surface area contributed by atoms with Crippen molar-refractivity contribution in [1.82, 2.24) is 0 Å². The average molecular weight is 640 g/mol. The first-order chi connectivity index (χ1) is 24.5. The van der Waals surface area contributed by atoms with Gasteiger partial charge in [0.15, 0.2) is 0 Å². The van der Waals surface area contributed by atoms with Gasteiger partial charge in [-0.05, 0) is 97.4 Å². The molecule has 1 nitrogen and oxygen atoms in total. The second kappa shape index (κ2) is 12.1. The summed E-state index contributed by atoms with van der Waals surface area (Å²) in [5.41, 5.74) is 16.1. The van der Waals surface area contributed by atoms with Crippen LogP contribution in [0.1, 0.15) is 25.0 Å². The van der Waals surface area contributed by atoms with E-state index < -0.39 is 0 Å². The van der Waals surface area contributed by atoms with E-state index in [0.717, 1.165) is 11.4 Å². The number of benzene rings is 8. The Morgan fingerprint density at radius 3 is 1.48 bits per heavy atom. The maximum Gasteiger partial charge on any atom is 0.0540 e. The molecule has 0 spiro atoms. The van der Waals surface area contributed by atoms with Crippen LogP contribution in [0, 0.1) is 0 Å². The minimum atomic E-state index is -0.164. The zero-order valence-electron chi connectivity index (χ0n) is 28.3. The van der Waals surface area contributed by atoms with Crippen molar-refractivity contribution in [2.24, 2.45) is 0 Å². The largest absolute Gasteiger partial charge is 0.310 e. The molecule has 50 heavy (non-hydrogen) atoms. The van der Waals surface area contributed by atoms with E-state index in [2.05, 4.69) is 207 Å². The van der Waals surface area contributed by atoms with Crippen LogP contribution < -0.4 is 4.90 Å². The minimum Gasteiger partial charge on any atom is -0.310 e. The summed E-state index contributed by atoms with van der Waals surface area (Å²) in [6.07, 6.45) is 0. The van der Waals surface area contributed by atoms with E-state index in [1.54, 1.807) is 0 Å². The van der Waals surface area contributed by atoms with Crippen molar-refractivity contribution >= 4 is 27.8 Å². The highest BCUT2D eigenvalue weighted by atomic mass is 15.1. The summed E-state index contributed by atoms with van der Waals surface area (Å²) in [6, 6.07) is 68.5. The molecule has 1 aliphatic carbocycles. The zero-order chi connectivity index (χ0) is 33.7. The monoisotopic (exact) mass is 639 g/mol. The van der Waals surface area contributed by atoms with E-state index in [4.69, 9.17) is 0 Å². The molecule has 0 radical (unpaired) electrons. The Morgan fingerprint density at radius 1 is 0.360 bits per heavy atom. The Bertz CT molecular complexity index is 2470. The number of fused-ring (bicyclic) bond motifs is 4. The Labute approximate surface area is 294 Å². The zero-order valence-corrected chi connectivity index (χ0v) is 28.3. The molecule has 238 valence electrons. The van der Waals surface area contributed by atoms with Crippen LogP contribution in [0.2, 0.25) is 0 Å². The Kier molecular flexibility index (Phi) is 7.21. The standard InChI is InChI=1S/C49H37N/c1-49(2)46-32-40(38-22-20-36(21-23-38)34-12-5-3-6-13-34)26-30-44(46)45-31-29-42(33-47(45)49)50(48-19-11-17-39-16-9-10-18-43(39)48)41-27-24-37(25-28-41)35-14-7-4-8-15-35/h3-33H,1-2H3. The van der Waals surface area contributed by atoms with Gasteiger partial charge in [-0.2, -0.15) is 0 Å². The molecular weight excluding hydrogens is 603 g/mol. The summed E-state index contributed by atoms with van der Waals surface area (Å²) in [5, 5.41) is 2.46. The van der Waals surface area contributed by atoms with Gasteiger partial charge in [0.1, 0.15) is 0 Å². The summed E-state index contributed by atoms with van der Waals surface area (Å²) in [6.45, 7) is 4.75. The Balaban J connectivity index is 1.12. The summed E-state index contributed by atoms with van der Waals surface area (Å²) in [4.78, 5) is 2.43. The molecule has 0 heterocycles. The van der Waals surface area contributed by atoms with Gasteiger partial charge in [-0.25, -0.2) is 0 Å². The second-order valence-electron chi connectivity index (χ2n) is 13.8. The maximum atomic E-state index is 2.43. The number of hydrogen-bond donors (Lipinski definition) is 0. The molecule has 0 unspecified atom stereocenters. The van der Waals surface area contributed by atoms with Crippen molar-refractivity contribution in [2.75, 3.05) is 4.90 Å². The lowest BCUT2D eigenvalue weighted by atomic mass is 9.81. The highest BCUT2D eigenvalue weighted by Crippen LogP contribution is 2.52. The van der Waals surface area contributed by atoms with E-state index in [9.17, 15) is 0 Å². The number of hydrogen-bond acceptors (Lipinski definition) is 1. The summed E-state index contributed by atoms with van der Waals surface area (Å²) >= 11 is 0. The molecular formula is C49H37N. The third kappa shape index (κ3) is 5.11. The van der Waals surface area contributed by atoms with Crippen LogP contribution in [0.3, 0.4) is 0 Å². The van der Waals surface area contributed by atoms with Crippen LogP contribution in [-0.4, -0.2) is 0 Å². The predicted octanol–water partition coefficient (Wildman–Crippen LogP) is 13.6. The van der Waals surface area contributed by atoms with E-state index in [0.29, 0.717) is 0 Å². The van der Waals surface area contributed by atoms with E-state index in [1.165, 1.54) is 72.1 Å². The predicted molar refractivity (Wildman–Crippen MR) is 213 cm³/mol. The second-order valence-corrected chi connectivity index (χ2v) is 13.8. The first-order valence-corrected chi connectivity index (χ1v) is 17.4. The topological polar surface area (TPSA) is 3.24 Å². The SMILES string of the molecule is CC1(C)c2cc(-c3ccc(-c4ccccc4)cc3)ccc2-c2ccc(N(c3ccc(-c4ccccc4)cc3)c3cccc4ccccc34)cc21. The maximum absolute atomic E-state index is 2.43. The van der Waals surface area contributed by atoms with Gasteiger partial charge in [-0.15, -0.1) is 0 Å². The van der Waals surface area contributed by atoms with Gasteiger partial charge in [0.25, 0.3) is 0 Å². The van der Waals surface area contributed by atoms with Gasteiger partial charge in [0.05, 0.1) is 5.69 Å². The van der Waals surface area contributed by atoms with Crippen molar-refractivity contribution in [2.45, 2.75) is 19.3 Å². The first kappa shape index (κ1) is 29.9. The molecule has 1 aliphatic rings. The fourth-order valence-electron chi connectivity index (χ4n) is 7.79. The third-order valence-electron chi connectivity index (χ3n) is 10.5. The average Bonchev–Trinajstić information content (AvgIpc) is 3.41.